The van der Waals surface area contributed by atoms with Gasteiger partial charge < -0.3 is 5.11 Å². The molecule has 0 bridgehead atoms. The molecule has 1 aliphatic carbocycles. The second kappa shape index (κ2) is 5.50. The van der Waals surface area contributed by atoms with Gasteiger partial charge in [-0.15, -0.1) is 11.3 Å². The molecule has 0 aromatic carbocycles. The van der Waals surface area contributed by atoms with E-state index in [1.54, 1.807) is 11.3 Å². The van der Waals surface area contributed by atoms with Gasteiger partial charge in [-0.3, -0.25) is 4.90 Å². The highest BCUT2D eigenvalue weighted by atomic mass is 35.5. The van der Waals surface area contributed by atoms with Crippen LogP contribution in [0.2, 0.25) is 5.02 Å². The van der Waals surface area contributed by atoms with Crippen LogP contribution in [-0.4, -0.2) is 29.2 Å². The number of aliphatic hydroxyl groups is 1. The molecular weight excluding hydrogens is 242 g/mol. The second-order valence-corrected chi connectivity index (χ2v) is 5.98. The molecule has 0 spiro atoms. The van der Waals surface area contributed by atoms with Crippen LogP contribution in [0.3, 0.4) is 0 Å². The quantitative estimate of drug-likeness (QED) is 0.902. The molecule has 0 saturated heterocycles. The largest absolute Gasteiger partial charge is 0.393 e. The smallest absolute Gasteiger partial charge is 0.0558 e. The minimum absolute atomic E-state index is 0.0741. The maximum absolute atomic E-state index is 9.47. The minimum Gasteiger partial charge on any atom is -0.393 e. The van der Waals surface area contributed by atoms with E-state index >= 15 is 0 Å². The molecule has 0 unspecified atom stereocenters. The van der Waals surface area contributed by atoms with Crippen LogP contribution in [0.15, 0.2) is 11.4 Å². The van der Waals surface area contributed by atoms with E-state index in [1.165, 1.54) is 4.88 Å². The third kappa shape index (κ3) is 2.98. The Morgan fingerprint density at radius 3 is 2.69 bits per heavy atom. The monoisotopic (exact) mass is 259 g/mol. The molecule has 16 heavy (non-hydrogen) atoms. The van der Waals surface area contributed by atoms with Crippen LogP contribution in [0.4, 0.5) is 0 Å². The second-order valence-electron chi connectivity index (χ2n) is 4.57. The summed E-state index contributed by atoms with van der Waals surface area (Å²) >= 11 is 7.81. The SMILES string of the molecule is CN(Cc1sccc1Cl)C1CCC(O)CC1. The van der Waals surface area contributed by atoms with Crippen LogP contribution < -0.4 is 0 Å². The van der Waals surface area contributed by atoms with Crippen molar-refractivity contribution >= 4 is 22.9 Å². The number of aliphatic hydroxyl groups excluding tert-OH is 1. The average molecular weight is 260 g/mol. The minimum atomic E-state index is -0.0741. The predicted octanol–water partition coefficient (Wildman–Crippen LogP) is 3.14. The Morgan fingerprint density at radius 2 is 2.12 bits per heavy atom. The first-order valence-corrected chi connectivity index (χ1v) is 7.02. The Hall–Kier alpha value is -0.0900. The Bertz CT molecular complexity index is 334. The number of hydrogen-bond acceptors (Lipinski definition) is 3. The van der Waals surface area contributed by atoms with E-state index in [-0.39, 0.29) is 6.10 Å². The number of thiophene rings is 1. The molecule has 1 aromatic heterocycles. The van der Waals surface area contributed by atoms with Crippen molar-refractivity contribution in [3.63, 3.8) is 0 Å². The van der Waals surface area contributed by atoms with Crippen molar-refractivity contribution in [2.24, 2.45) is 0 Å². The van der Waals surface area contributed by atoms with Crippen molar-refractivity contribution in [3.05, 3.63) is 21.3 Å². The molecule has 1 saturated carbocycles. The highest BCUT2D eigenvalue weighted by Crippen LogP contribution is 2.27. The number of halogens is 1. The van der Waals surface area contributed by atoms with Crippen LogP contribution >= 0.6 is 22.9 Å². The Morgan fingerprint density at radius 1 is 1.44 bits per heavy atom. The fraction of sp³-hybridized carbons (Fsp3) is 0.667. The van der Waals surface area contributed by atoms with Gasteiger partial charge in [0.1, 0.15) is 0 Å². The number of hydrogen-bond donors (Lipinski definition) is 1. The first-order valence-electron chi connectivity index (χ1n) is 5.77. The zero-order chi connectivity index (χ0) is 11.5. The van der Waals surface area contributed by atoms with Gasteiger partial charge >= 0.3 is 0 Å². The third-order valence-electron chi connectivity index (χ3n) is 3.37. The maximum Gasteiger partial charge on any atom is 0.0558 e. The Labute approximate surface area is 106 Å². The summed E-state index contributed by atoms with van der Waals surface area (Å²) in [6, 6.07) is 2.56. The van der Waals surface area contributed by atoms with Crippen molar-refractivity contribution in [3.8, 4) is 0 Å². The average Bonchev–Trinajstić information content (AvgIpc) is 2.65. The van der Waals surface area contributed by atoms with E-state index in [1.807, 2.05) is 11.4 Å². The van der Waals surface area contributed by atoms with Crippen LogP contribution in [-0.2, 0) is 6.54 Å². The first kappa shape index (κ1) is 12.4. The fourth-order valence-electron chi connectivity index (χ4n) is 2.29. The molecule has 0 atom stereocenters. The van der Waals surface area contributed by atoms with Crippen LogP contribution in [0.5, 0.6) is 0 Å². The van der Waals surface area contributed by atoms with Gasteiger partial charge in [0.25, 0.3) is 0 Å². The summed E-state index contributed by atoms with van der Waals surface area (Å²) in [6.45, 7) is 0.928. The van der Waals surface area contributed by atoms with E-state index in [0.29, 0.717) is 6.04 Å². The number of nitrogens with zero attached hydrogens (tertiary/aromatic N) is 1. The van der Waals surface area contributed by atoms with E-state index < -0.39 is 0 Å². The molecule has 2 nitrogen and oxygen atoms in total. The van der Waals surface area contributed by atoms with Crippen molar-refractivity contribution < 1.29 is 5.11 Å². The molecule has 1 N–H and O–H groups in total. The lowest BCUT2D eigenvalue weighted by atomic mass is 9.92. The van der Waals surface area contributed by atoms with E-state index in [4.69, 9.17) is 11.6 Å². The van der Waals surface area contributed by atoms with Gasteiger partial charge in [-0.05, 0) is 44.2 Å². The molecule has 0 aliphatic heterocycles. The molecule has 0 amide bonds. The summed E-state index contributed by atoms with van der Waals surface area (Å²) < 4.78 is 0. The fourth-order valence-corrected chi connectivity index (χ4v) is 3.45. The third-order valence-corrected chi connectivity index (χ3v) is 4.75. The Balaban J connectivity index is 1.88. The summed E-state index contributed by atoms with van der Waals surface area (Å²) in [7, 11) is 2.15. The molecule has 1 aliphatic rings. The highest BCUT2D eigenvalue weighted by molar-refractivity contribution is 7.10. The molecule has 0 radical (unpaired) electrons. The molecule has 90 valence electrons. The van der Waals surface area contributed by atoms with Gasteiger partial charge in [0.05, 0.1) is 11.1 Å². The lowest BCUT2D eigenvalue weighted by Crippen LogP contribution is -2.35. The van der Waals surface area contributed by atoms with Gasteiger partial charge in [-0.1, -0.05) is 11.6 Å². The van der Waals surface area contributed by atoms with Crippen LogP contribution in [0.1, 0.15) is 30.6 Å². The van der Waals surface area contributed by atoms with Crippen LogP contribution in [0.25, 0.3) is 0 Å². The zero-order valence-corrected chi connectivity index (χ0v) is 11.1. The van der Waals surface area contributed by atoms with E-state index in [9.17, 15) is 5.11 Å². The summed E-state index contributed by atoms with van der Waals surface area (Å²) in [5.74, 6) is 0. The lowest BCUT2D eigenvalue weighted by Gasteiger charge is -2.32. The normalized spacial score (nSPS) is 26.2. The standard InChI is InChI=1S/C12H18ClNOS/c1-14(8-12-11(13)6-7-16-12)9-2-4-10(15)5-3-9/h6-7,9-10,15H,2-5,8H2,1H3. The van der Waals surface area contributed by atoms with Gasteiger partial charge in [0.15, 0.2) is 0 Å². The summed E-state index contributed by atoms with van der Waals surface area (Å²) in [5.41, 5.74) is 0. The van der Waals surface area contributed by atoms with Gasteiger partial charge in [-0.2, -0.15) is 0 Å². The Kier molecular flexibility index (Phi) is 4.25. The highest BCUT2D eigenvalue weighted by Gasteiger charge is 2.23. The predicted molar refractivity (Wildman–Crippen MR) is 69.1 cm³/mol. The molecule has 4 heteroatoms. The maximum atomic E-state index is 9.47. The molecule has 2 rings (SSSR count). The molecule has 1 heterocycles. The summed E-state index contributed by atoms with van der Waals surface area (Å²) in [4.78, 5) is 3.61. The van der Waals surface area contributed by atoms with Crippen molar-refractivity contribution in [1.82, 2.24) is 4.90 Å². The van der Waals surface area contributed by atoms with Gasteiger partial charge in [-0.25, -0.2) is 0 Å². The van der Waals surface area contributed by atoms with Crippen molar-refractivity contribution in [2.75, 3.05) is 7.05 Å². The summed E-state index contributed by atoms with van der Waals surface area (Å²) in [5, 5.41) is 12.4. The summed E-state index contributed by atoms with van der Waals surface area (Å²) in [6.07, 6.45) is 4.00. The molecule has 1 aromatic rings. The van der Waals surface area contributed by atoms with Crippen molar-refractivity contribution in [1.29, 1.82) is 0 Å². The van der Waals surface area contributed by atoms with E-state index in [0.717, 1.165) is 37.3 Å². The van der Waals surface area contributed by atoms with Crippen molar-refractivity contribution in [2.45, 2.75) is 44.4 Å². The van der Waals surface area contributed by atoms with Gasteiger partial charge in [0, 0.05) is 17.5 Å². The topological polar surface area (TPSA) is 23.5 Å². The lowest BCUT2D eigenvalue weighted by molar-refractivity contribution is 0.0821. The molecule has 1 fully saturated rings. The van der Waals surface area contributed by atoms with E-state index in [2.05, 4.69) is 11.9 Å². The zero-order valence-electron chi connectivity index (χ0n) is 9.53. The van der Waals surface area contributed by atoms with Gasteiger partial charge in [0.2, 0.25) is 0 Å². The molecular formula is C12H18ClNOS. The van der Waals surface area contributed by atoms with Crippen LogP contribution in [0, 0.1) is 0 Å². The number of rotatable bonds is 3. The first-order chi connectivity index (χ1) is 7.66.